The second-order valence-corrected chi connectivity index (χ2v) is 4.93. The van der Waals surface area contributed by atoms with Gasteiger partial charge in [0.05, 0.1) is 18.0 Å². The van der Waals surface area contributed by atoms with Gasteiger partial charge in [0, 0.05) is 19.3 Å². The van der Waals surface area contributed by atoms with E-state index in [4.69, 9.17) is 9.47 Å². The molecule has 1 aliphatic rings. The first-order valence-electron chi connectivity index (χ1n) is 6.61. The number of aromatic amines is 2. The number of benzene rings is 1. The van der Waals surface area contributed by atoms with Crippen LogP contribution in [0.3, 0.4) is 0 Å². The minimum absolute atomic E-state index is 0.244. The zero-order chi connectivity index (χ0) is 14.1. The quantitative estimate of drug-likeness (QED) is 0.861. The molecular formula is C14H16N2O4. The Morgan fingerprint density at radius 2 is 1.95 bits per heavy atom. The molecule has 0 saturated carbocycles. The van der Waals surface area contributed by atoms with Crippen molar-refractivity contribution in [1.82, 2.24) is 9.97 Å². The molecule has 0 unspecified atom stereocenters. The summed E-state index contributed by atoms with van der Waals surface area (Å²) in [6.07, 6.45) is 1.72. The summed E-state index contributed by atoms with van der Waals surface area (Å²) in [5.41, 5.74) is 0.571. The highest BCUT2D eigenvalue weighted by Gasteiger charge is 2.21. The van der Waals surface area contributed by atoms with Crippen LogP contribution in [-0.4, -0.2) is 30.3 Å². The van der Waals surface area contributed by atoms with Gasteiger partial charge in [-0.3, -0.25) is 9.78 Å². The van der Waals surface area contributed by atoms with Gasteiger partial charge in [-0.2, -0.15) is 0 Å². The zero-order valence-electron chi connectivity index (χ0n) is 11.2. The molecule has 0 spiro atoms. The van der Waals surface area contributed by atoms with Gasteiger partial charge in [-0.15, -0.1) is 0 Å². The topological polar surface area (TPSA) is 84.2 Å². The molecule has 1 saturated heterocycles. The van der Waals surface area contributed by atoms with E-state index in [9.17, 15) is 9.59 Å². The van der Waals surface area contributed by atoms with Crippen LogP contribution in [0.5, 0.6) is 5.75 Å². The SMILES string of the molecule is COc1cc(C2CCOCC2)c2c(=O)[nH]c(=O)[nH]c2c1. The third kappa shape index (κ3) is 2.22. The molecular weight excluding hydrogens is 260 g/mol. The van der Waals surface area contributed by atoms with Crippen molar-refractivity contribution >= 4 is 10.9 Å². The van der Waals surface area contributed by atoms with Crippen molar-refractivity contribution < 1.29 is 9.47 Å². The first-order valence-corrected chi connectivity index (χ1v) is 6.61. The average molecular weight is 276 g/mol. The van der Waals surface area contributed by atoms with Crippen molar-refractivity contribution in [3.05, 3.63) is 38.5 Å². The molecule has 1 aliphatic heterocycles. The summed E-state index contributed by atoms with van der Waals surface area (Å²) in [6, 6.07) is 3.56. The molecule has 6 nitrogen and oxygen atoms in total. The molecule has 0 amide bonds. The molecule has 0 radical (unpaired) electrons. The van der Waals surface area contributed by atoms with E-state index in [0.29, 0.717) is 29.9 Å². The minimum Gasteiger partial charge on any atom is -0.497 e. The van der Waals surface area contributed by atoms with Gasteiger partial charge in [-0.25, -0.2) is 4.79 Å². The van der Waals surface area contributed by atoms with E-state index in [-0.39, 0.29) is 11.5 Å². The normalized spacial score (nSPS) is 16.4. The molecule has 0 aliphatic carbocycles. The lowest BCUT2D eigenvalue weighted by Crippen LogP contribution is -2.24. The Bertz CT molecular complexity index is 741. The Kier molecular flexibility index (Phi) is 3.31. The maximum absolute atomic E-state index is 12.1. The van der Waals surface area contributed by atoms with Gasteiger partial charge in [0.15, 0.2) is 0 Å². The Labute approximate surface area is 114 Å². The van der Waals surface area contributed by atoms with Gasteiger partial charge in [0.2, 0.25) is 0 Å². The van der Waals surface area contributed by atoms with Crippen LogP contribution in [0.2, 0.25) is 0 Å². The lowest BCUT2D eigenvalue weighted by Gasteiger charge is -2.23. The number of hydrogen-bond donors (Lipinski definition) is 2. The van der Waals surface area contributed by atoms with Gasteiger partial charge >= 0.3 is 5.69 Å². The Morgan fingerprint density at radius 3 is 2.65 bits per heavy atom. The van der Waals surface area contributed by atoms with Gasteiger partial charge in [0.1, 0.15) is 5.75 Å². The molecule has 20 heavy (non-hydrogen) atoms. The fourth-order valence-electron chi connectivity index (χ4n) is 2.76. The summed E-state index contributed by atoms with van der Waals surface area (Å²) in [5.74, 6) is 0.883. The molecule has 2 N–H and O–H groups in total. The monoisotopic (exact) mass is 276 g/mol. The van der Waals surface area contributed by atoms with Crippen molar-refractivity contribution in [1.29, 1.82) is 0 Å². The first kappa shape index (κ1) is 12.9. The molecule has 3 rings (SSSR count). The smallest absolute Gasteiger partial charge is 0.326 e. The summed E-state index contributed by atoms with van der Waals surface area (Å²) < 4.78 is 10.6. The molecule has 2 aromatic rings. The molecule has 106 valence electrons. The Balaban J connectivity index is 2.27. The summed E-state index contributed by atoms with van der Waals surface area (Å²) >= 11 is 0. The largest absolute Gasteiger partial charge is 0.497 e. The first-order chi connectivity index (χ1) is 9.69. The number of aromatic nitrogens is 2. The second-order valence-electron chi connectivity index (χ2n) is 4.93. The van der Waals surface area contributed by atoms with Crippen LogP contribution in [0.15, 0.2) is 21.7 Å². The lowest BCUT2D eigenvalue weighted by atomic mass is 9.89. The number of fused-ring (bicyclic) bond motifs is 1. The van der Waals surface area contributed by atoms with E-state index in [2.05, 4.69) is 9.97 Å². The second kappa shape index (κ2) is 5.13. The lowest BCUT2D eigenvalue weighted by molar-refractivity contribution is 0.0855. The van der Waals surface area contributed by atoms with E-state index < -0.39 is 5.69 Å². The van der Waals surface area contributed by atoms with Crippen LogP contribution in [0, 0.1) is 0 Å². The van der Waals surface area contributed by atoms with E-state index in [1.807, 2.05) is 6.07 Å². The predicted octanol–water partition coefficient (Wildman–Crippen LogP) is 1.12. The van der Waals surface area contributed by atoms with Gasteiger partial charge < -0.3 is 14.5 Å². The van der Waals surface area contributed by atoms with Crippen molar-refractivity contribution in [3.8, 4) is 5.75 Å². The van der Waals surface area contributed by atoms with Crippen LogP contribution < -0.4 is 16.0 Å². The van der Waals surface area contributed by atoms with Crippen molar-refractivity contribution in [2.24, 2.45) is 0 Å². The third-order valence-corrected chi connectivity index (χ3v) is 3.74. The van der Waals surface area contributed by atoms with E-state index in [1.165, 1.54) is 0 Å². The van der Waals surface area contributed by atoms with Gasteiger partial charge in [-0.05, 0) is 30.4 Å². The number of hydrogen-bond acceptors (Lipinski definition) is 4. The van der Waals surface area contributed by atoms with E-state index >= 15 is 0 Å². The maximum atomic E-state index is 12.1. The number of rotatable bonds is 2. The Hall–Kier alpha value is -2.08. The zero-order valence-corrected chi connectivity index (χ0v) is 11.2. The molecule has 1 fully saturated rings. The summed E-state index contributed by atoms with van der Waals surface area (Å²) in [7, 11) is 1.57. The summed E-state index contributed by atoms with van der Waals surface area (Å²) in [4.78, 5) is 28.5. The summed E-state index contributed by atoms with van der Waals surface area (Å²) in [6.45, 7) is 1.37. The Morgan fingerprint density at radius 1 is 1.20 bits per heavy atom. The van der Waals surface area contributed by atoms with Crippen LogP contribution in [0.25, 0.3) is 10.9 Å². The molecule has 6 heteroatoms. The highest BCUT2D eigenvalue weighted by Crippen LogP contribution is 2.33. The van der Waals surface area contributed by atoms with Crippen LogP contribution >= 0.6 is 0 Å². The highest BCUT2D eigenvalue weighted by molar-refractivity contribution is 5.83. The number of ether oxygens (including phenoxy) is 2. The van der Waals surface area contributed by atoms with Crippen molar-refractivity contribution in [2.75, 3.05) is 20.3 Å². The molecule has 0 atom stereocenters. The fraction of sp³-hybridized carbons (Fsp3) is 0.429. The van der Waals surface area contributed by atoms with Crippen LogP contribution in [-0.2, 0) is 4.74 Å². The van der Waals surface area contributed by atoms with Crippen LogP contribution in [0.1, 0.15) is 24.3 Å². The van der Waals surface area contributed by atoms with Crippen molar-refractivity contribution in [2.45, 2.75) is 18.8 Å². The molecule has 0 bridgehead atoms. The third-order valence-electron chi connectivity index (χ3n) is 3.74. The summed E-state index contributed by atoms with van der Waals surface area (Å²) in [5, 5.41) is 0.539. The van der Waals surface area contributed by atoms with E-state index in [0.717, 1.165) is 18.4 Å². The molecule has 2 heterocycles. The van der Waals surface area contributed by atoms with Gasteiger partial charge in [-0.1, -0.05) is 0 Å². The highest BCUT2D eigenvalue weighted by atomic mass is 16.5. The van der Waals surface area contributed by atoms with Crippen LogP contribution in [0.4, 0.5) is 0 Å². The average Bonchev–Trinajstić information content (AvgIpc) is 2.46. The minimum atomic E-state index is -0.506. The fourth-order valence-corrected chi connectivity index (χ4v) is 2.76. The van der Waals surface area contributed by atoms with Gasteiger partial charge in [0.25, 0.3) is 5.56 Å². The standard InChI is InChI=1S/C14H16N2O4/c1-19-9-6-10(8-2-4-20-5-3-8)12-11(7-9)15-14(18)16-13(12)17/h6-8H,2-5H2,1H3,(H2,15,16,17,18). The number of H-pyrrole nitrogens is 2. The van der Waals surface area contributed by atoms with E-state index in [1.54, 1.807) is 13.2 Å². The number of nitrogens with one attached hydrogen (secondary N) is 2. The maximum Gasteiger partial charge on any atom is 0.326 e. The van der Waals surface area contributed by atoms with Crippen molar-refractivity contribution in [3.63, 3.8) is 0 Å². The predicted molar refractivity (Wildman–Crippen MR) is 74.5 cm³/mol. The number of methoxy groups -OCH3 is 1. The molecule has 1 aromatic carbocycles. The molecule has 1 aromatic heterocycles.